The topological polar surface area (TPSA) is 66.5 Å². The van der Waals surface area contributed by atoms with Crippen molar-refractivity contribution in [3.63, 3.8) is 0 Å². The molecule has 1 heterocycles. The van der Waals surface area contributed by atoms with Gasteiger partial charge in [-0.05, 0) is 63.7 Å². The van der Waals surface area contributed by atoms with Gasteiger partial charge in [-0.15, -0.1) is 0 Å². The first-order chi connectivity index (χ1) is 9.90. The Morgan fingerprint density at radius 1 is 1.33 bits per heavy atom. The molecule has 21 heavy (non-hydrogen) atoms. The van der Waals surface area contributed by atoms with Crippen LogP contribution in [-0.2, 0) is 16.3 Å². The predicted octanol–water partition coefficient (Wildman–Crippen LogP) is 1.09. The van der Waals surface area contributed by atoms with Crippen molar-refractivity contribution in [3.8, 4) is 0 Å². The van der Waals surface area contributed by atoms with Crippen molar-refractivity contribution >= 4 is 15.7 Å². The molecular formula is C15H22N2O3S. The van der Waals surface area contributed by atoms with Crippen LogP contribution < -0.4 is 5.32 Å². The maximum absolute atomic E-state index is 12.1. The molecule has 1 aromatic rings. The second kappa shape index (κ2) is 6.58. The molecule has 0 aromatic heterocycles. The van der Waals surface area contributed by atoms with Crippen LogP contribution in [0, 0.1) is 0 Å². The van der Waals surface area contributed by atoms with Crippen LogP contribution in [0.2, 0.25) is 0 Å². The molecule has 116 valence electrons. The lowest BCUT2D eigenvalue weighted by atomic mass is 10.1. The summed E-state index contributed by atoms with van der Waals surface area (Å²) in [7, 11) is 0.831. The minimum atomic E-state index is -3.15. The average molecular weight is 310 g/mol. The van der Waals surface area contributed by atoms with Crippen LogP contribution >= 0.6 is 0 Å². The summed E-state index contributed by atoms with van der Waals surface area (Å²) in [5, 5.41) is 2.87. The summed E-state index contributed by atoms with van der Waals surface area (Å²) in [6.07, 6.45) is 2.23. The maximum Gasteiger partial charge on any atom is 0.251 e. The fourth-order valence-electron chi connectivity index (χ4n) is 2.48. The van der Waals surface area contributed by atoms with Gasteiger partial charge in [-0.25, -0.2) is 8.42 Å². The molecule has 0 saturated heterocycles. The maximum atomic E-state index is 12.1. The molecule has 0 radical (unpaired) electrons. The van der Waals surface area contributed by atoms with Crippen molar-refractivity contribution < 1.29 is 13.2 Å². The molecule has 1 N–H and O–H groups in total. The molecule has 0 unspecified atom stereocenters. The quantitative estimate of drug-likeness (QED) is 0.827. The van der Waals surface area contributed by atoms with Gasteiger partial charge in [0.05, 0.1) is 10.6 Å². The standard InChI is InChI=1S/C15H22N2O3S/c1-17(2)9-4-8-16-15(18)13-6-7-14-12(11-13)5-3-10-21(14,19)20/h6-7,11H,3-5,8-10H2,1-2H3,(H,16,18). The summed E-state index contributed by atoms with van der Waals surface area (Å²) < 4.78 is 23.8. The van der Waals surface area contributed by atoms with E-state index in [4.69, 9.17) is 0 Å². The molecule has 0 fully saturated rings. The fraction of sp³-hybridized carbons (Fsp3) is 0.533. The summed E-state index contributed by atoms with van der Waals surface area (Å²) in [6.45, 7) is 1.54. The van der Waals surface area contributed by atoms with Crippen LogP contribution in [0.25, 0.3) is 0 Å². The van der Waals surface area contributed by atoms with E-state index in [1.165, 1.54) is 0 Å². The van der Waals surface area contributed by atoms with E-state index in [0.29, 0.717) is 23.4 Å². The number of hydrogen-bond donors (Lipinski definition) is 1. The first-order valence-corrected chi connectivity index (χ1v) is 8.84. The minimum Gasteiger partial charge on any atom is -0.352 e. The Morgan fingerprint density at radius 2 is 2.10 bits per heavy atom. The Kier molecular flexibility index (Phi) is 5.00. The van der Waals surface area contributed by atoms with E-state index in [2.05, 4.69) is 10.2 Å². The molecule has 1 aliphatic rings. The number of fused-ring (bicyclic) bond motifs is 1. The number of carbonyl (C=O) groups excluding carboxylic acids is 1. The Morgan fingerprint density at radius 3 is 2.81 bits per heavy atom. The summed E-state index contributed by atoms with van der Waals surface area (Å²) in [5.41, 5.74) is 1.30. The van der Waals surface area contributed by atoms with Crippen molar-refractivity contribution in [2.45, 2.75) is 24.2 Å². The molecule has 0 atom stereocenters. The van der Waals surface area contributed by atoms with E-state index in [0.717, 1.165) is 24.9 Å². The lowest BCUT2D eigenvalue weighted by Crippen LogP contribution is -2.27. The van der Waals surface area contributed by atoms with E-state index in [1.807, 2.05) is 14.1 Å². The number of nitrogens with one attached hydrogen (secondary N) is 1. The Labute approximate surface area is 126 Å². The molecule has 1 aromatic carbocycles. The molecule has 0 saturated carbocycles. The van der Waals surface area contributed by atoms with Gasteiger partial charge >= 0.3 is 0 Å². The number of benzene rings is 1. The number of hydrogen-bond acceptors (Lipinski definition) is 4. The first-order valence-electron chi connectivity index (χ1n) is 7.19. The molecule has 1 aliphatic heterocycles. The molecule has 0 spiro atoms. The van der Waals surface area contributed by atoms with Crippen molar-refractivity contribution in [1.29, 1.82) is 0 Å². The SMILES string of the molecule is CN(C)CCCNC(=O)c1ccc2c(c1)CCCS2(=O)=O. The van der Waals surface area contributed by atoms with Crippen LogP contribution in [-0.4, -0.2) is 52.2 Å². The number of amides is 1. The molecule has 1 amide bonds. The molecule has 2 rings (SSSR count). The third-order valence-electron chi connectivity index (χ3n) is 3.58. The number of rotatable bonds is 5. The van der Waals surface area contributed by atoms with Crippen LogP contribution in [0.4, 0.5) is 0 Å². The van der Waals surface area contributed by atoms with Gasteiger partial charge in [-0.2, -0.15) is 0 Å². The molecule has 6 heteroatoms. The lowest BCUT2D eigenvalue weighted by molar-refractivity contribution is 0.0952. The third-order valence-corrected chi connectivity index (χ3v) is 5.48. The van der Waals surface area contributed by atoms with Gasteiger partial charge in [-0.3, -0.25) is 4.79 Å². The van der Waals surface area contributed by atoms with E-state index in [9.17, 15) is 13.2 Å². The lowest BCUT2D eigenvalue weighted by Gasteiger charge is -2.17. The Bertz CT molecular complexity index is 624. The smallest absolute Gasteiger partial charge is 0.251 e. The number of carbonyl (C=O) groups is 1. The largest absolute Gasteiger partial charge is 0.352 e. The summed E-state index contributed by atoms with van der Waals surface area (Å²) in [6, 6.07) is 4.88. The summed E-state index contributed by atoms with van der Waals surface area (Å²) in [5.74, 6) is 0.0651. The van der Waals surface area contributed by atoms with Crippen LogP contribution in [0.1, 0.15) is 28.8 Å². The first kappa shape index (κ1) is 16.0. The zero-order chi connectivity index (χ0) is 15.5. The van der Waals surface area contributed by atoms with Crippen molar-refractivity contribution in [2.75, 3.05) is 32.9 Å². The highest BCUT2D eigenvalue weighted by Gasteiger charge is 2.24. The van der Waals surface area contributed by atoms with Gasteiger partial charge in [0.15, 0.2) is 9.84 Å². The Hall–Kier alpha value is -1.40. The van der Waals surface area contributed by atoms with Gasteiger partial charge in [0.1, 0.15) is 0 Å². The van der Waals surface area contributed by atoms with E-state index >= 15 is 0 Å². The Balaban J connectivity index is 2.03. The van der Waals surface area contributed by atoms with Gasteiger partial charge < -0.3 is 10.2 Å². The van der Waals surface area contributed by atoms with Crippen molar-refractivity contribution in [3.05, 3.63) is 29.3 Å². The minimum absolute atomic E-state index is 0.139. The van der Waals surface area contributed by atoms with Crippen molar-refractivity contribution in [1.82, 2.24) is 10.2 Å². The highest BCUT2D eigenvalue weighted by Crippen LogP contribution is 2.25. The van der Waals surface area contributed by atoms with Crippen molar-refractivity contribution in [2.24, 2.45) is 0 Å². The number of nitrogens with zero attached hydrogens (tertiary/aromatic N) is 1. The van der Waals surface area contributed by atoms with Gasteiger partial charge in [0, 0.05) is 12.1 Å². The van der Waals surface area contributed by atoms with E-state index in [1.54, 1.807) is 18.2 Å². The highest BCUT2D eigenvalue weighted by molar-refractivity contribution is 7.91. The predicted molar refractivity (Wildman–Crippen MR) is 82.3 cm³/mol. The second-order valence-corrected chi connectivity index (χ2v) is 7.74. The average Bonchev–Trinajstić information content (AvgIpc) is 2.42. The van der Waals surface area contributed by atoms with Crippen LogP contribution in [0.5, 0.6) is 0 Å². The summed E-state index contributed by atoms with van der Waals surface area (Å²) >= 11 is 0. The molecule has 0 bridgehead atoms. The zero-order valence-electron chi connectivity index (χ0n) is 12.6. The summed E-state index contributed by atoms with van der Waals surface area (Å²) in [4.78, 5) is 14.5. The fourth-order valence-corrected chi connectivity index (χ4v) is 4.06. The van der Waals surface area contributed by atoms with E-state index in [-0.39, 0.29) is 11.7 Å². The zero-order valence-corrected chi connectivity index (χ0v) is 13.4. The van der Waals surface area contributed by atoms with Gasteiger partial charge in [0.2, 0.25) is 0 Å². The highest BCUT2D eigenvalue weighted by atomic mass is 32.2. The number of aryl methyl sites for hydroxylation is 1. The van der Waals surface area contributed by atoms with Crippen LogP contribution in [0.15, 0.2) is 23.1 Å². The molecular weight excluding hydrogens is 288 g/mol. The molecule has 0 aliphatic carbocycles. The second-order valence-electron chi connectivity index (χ2n) is 5.66. The van der Waals surface area contributed by atoms with Crippen LogP contribution in [0.3, 0.4) is 0 Å². The van der Waals surface area contributed by atoms with Gasteiger partial charge in [-0.1, -0.05) is 0 Å². The van der Waals surface area contributed by atoms with E-state index < -0.39 is 9.84 Å². The normalized spacial score (nSPS) is 16.5. The molecule has 5 nitrogen and oxygen atoms in total. The van der Waals surface area contributed by atoms with Gasteiger partial charge in [0.25, 0.3) is 5.91 Å². The third kappa shape index (κ3) is 4.04. The number of sulfone groups is 1. The monoisotopic (exact) mass is 310 g/mol.